The van der Waals surface area contributed by atoms with Gasteiger partial charge in [0.2, 0.25) is 0 Å². The molecular weight excluding hydrogens is 256 g/mol. The molecule has 0 aromatic carbocycles. The summed E-state index contributed by atoms with van der Waals surface area (Å²) in [5.74, 6) is 0.0847. The number of likely N-dealkylation sites (tertiary alicyclic amines) is 1. The number of urea groups is 1. The third kappa shape index (κ3) is 3.25. The number of piperidine rings is 1. The third-order valence-electron chi connectivity index (χ3n) is 5.19. The van der Waals surface area contributed by atoms with E-state index in [9.17, 15) is 14.7 Å². The first kappa shape index (κ1) is 15.1. The minimum absolute atomic E-state index is 0.0283. The number of nitrogens with zero attached hydrogens (tertiary/aromatic N) is 1. The summed E-state index contributed by atoms with van der Waals surface area (Å²) in [6.45, 7) is 3.77. The molecule has 1 saturated heterocycles. The van der Waals surface area contributed by atoms with Crippen molar-refractivity contribution < 1.29 is 14.7 Å². The van der Waals surface area contributed by atoms with Gasteiger partial charge in [0, 0.05) is 19.6 Å². The van der Waals surface area contributed by atoms with E-state index in [1.165, 1.54) is 19.3 Å². The van der Waals surface area contributed by atoms with Gasteiger partial charge in [-0.3, -0.25) is 4.79 Å². The van der Waals surface area contributed by atoms with Crippen LogP contribution < -0.4 is 5.32 Å². The molecule has 0 radical (unpaired) electrons. The Balaban J connectivity index is 1.72. The SMILES string of the molecule is CCC1(C(=O)O)CCN(C(=O)NCCC2CCC2)CC1. The van der Waals surface area contributed by atoms with Crippen LogP contribution >= 0.6 is 0 Å². The maximum atomic E-state index is 12.0. The van der Waals surface area contributed by atoms with Crippen LogP contribution in [0.25, 0.3) is 0 Å². The Labute approximate surface area is 120 Å². The smallest absolute Gasteiger partial charge is 0.317 e. The second-order valence-electron chi connectivity index (χ2n) is 6.24. The van der Waals surface area contributed by atoms with E-state index in [1.807, 2.05) is 6.92 Å². The predicted molar refractivity (Wildman–Crippen MR) is 76.5 cm³/mol. The second kappa shape index (κ2) is 6.46. The summed E-state index contributed by atoms with van der Waals surface area (Å²) >= 11 is 0. The molecule has 0 unspecified atom stereocenters. The Kier molecular flexibility index (Phi) is 4.89. The van der Waals surface area contributed by atoms with E-state index >= 15 is 0 Å². The summed E-state index contributed by atoms with van der Waals surface area (Å²) in [6, 6.07) is -0.0283. The molecule has 0 atom stereocenters. The standard InChI is InChI=1S/C15H26N2O3/c1-2-15(13(18)19)7-10-17(11-8-15)14(20)16-9-6-12-4-3-5-12/h12H,2-11H2,1H3,(H,16,20)(H,18,19). The molecule has 20 heavy (non-hydrogen) atoms. The van der Waals surface area contributed by atoms with E-state index in [0.29, 0.717) is 32.4 Å². The maximum absolute atomic E-state index is 12.0. The number of hydrogen-bond acceptors (Lipinski definition) is 2. The Morgan fingerprint density at radius 3 is 2.40 bits per heavy atom. The molecule has 1 saturated carbocycles. The molecule has 0 aromatic heterocycles. The molecule has 2 amide bonds. The lowest BCUT2D eigenvalue weighted by Gasteiger charge is -2.38. The van der Waals surface area contributed by atoms with Gasteiger partial charge >= 0.3 is 12.0 Å². The topological polar surface area (TPSA) is 69.6 Å². The molecule has 2 rings (SSSR count). The van der Waals surface area contributed by atoms with Crippen molar-refractivity contribution in [2.24, 2.45) is 11.3 Å². The van der Waals surface area contributed by atoms with Gasteiger partial charge in [-0.25, -0.2) is 4.79 Å². The number of carbonyl (C=O) groups excluding carboxylic acids is 1. The lowest BCUT2D eigenvalue weighted by molar-refractivity contribution is -0.151. The average molecular weight is 282 g/mol. The molecule has 5 heteroatoms. The Morgan fingerprint density at radius 1 is 1.30 bits per heavy atom. The van der Waals surface area contributed by atoms with Crippen LogP contribution in [-0.2, 0) is 4.79 Å². The summed E-state index contributed by atoms with van der Waals surface area (Å²) in [6.07, 6.45) is 6.78. The number of nitrogens with one attached hydrogen (secondary N) is 1. The van der Waals surface area contributed by atoms with Gasteiger partial charge in [-0.05, 0) is 31.6 Å². The zero-order chi connectivity index (χ0) is 14.6. The molecule has 5 nitrogen and oxygen atoms in total. The molecule has 1 heterocycles. The van der Waals surface area contributed by atoms with Crippen LogP contribution in [0.4, 0.5) is 4.79 Å². The normalized spacial score (nSPS) is 22.1. The average Bonchev–Trinajstić information content (AvgIpc) is 2.41. The number of carboxylic acids is 1. The van der Waals surface area contributed by atoms with E-state index in [-0.39, 0.29) is 6.03 Å². The van der Waals surface area contributed by atoms with Crippen LogP contribution in [0, 0.1) is 11.3 Å². The van der Waals surface area contributed by atoms with Crippen molar-refractivity contribution in [3.05, 3.63) is 0 Å². The highest BCUT2D eigenvalue weighted by Gasteiger charge is 2.40. The zero-order valence-corrected chi connectivity index (χ0v) is 12.4. The number of aliphatic carboxylic acids is 1. The van der Waals surface area contributed by atoms with Gasteiger partial charge in [0.1, 0.15) is 0 Å². The van der Waals surface area contributed by atoms with Gasteiger partial charge in [0.15, 0.2) is 0 Å². The lowest BCUT2D eigenvalue weighted by Crippen LogP contribution is -2.49. The molecule has 2 N–H and O–H groups in total. The first-order valence-corrected chi connectivity index (χ1v) is 7.83. The number of amides is 2. The Hall–Kier alpha value is -1.26. The van der Waals surface area contributed by atoms with Crippen molar-refractivity contribution in [3.8, 4) is 0 Å². The highest BCUT2D eigenvalue weighted by Crippen LogP contribution is 2.35. The van der Waals surface area contributed by atoms with Gasteiger partial charge in [0.25, 0.3) is 0 Å². The Morgan fingerprint density at radius 2 is 1.95 bits per heavy atom. The number of carbonyl (C=O) groups is 2. The van der Waals surface area contributed by atoms with Crippen LogP contribution in [0.3, 0.4) is 0 Å². The highest BCUT2D eigenvalue weighted by atomic mass is 16.4. The van der Waals surface area contributed by atoms with Crippen molar-refractivity contribution >= 4 is 12.0 Å². The second-order valence-corrected chi connectivity index (χ2v) is 6.24. The highest BCUT2D eigenvalue weighted by molar-refractivity contribution is 5.77. The van der Waals surface area contributed by atoms with Crippen molar-refractivity contribution in [1.82, 2.24) is 10.2 Å². The molecule has 0 aromatic rings. The first-order valence-electron chi connectivity index (χ1n) is 7.83. The molecule has 2 fully saturated rings. The first-order chi connectivity index (χ1) is 9.57. The fraction of sp³-hybridized carbons (Fsp3) is 0.867. The molecule has 0 bridgehead atoms. The summed E-state index contributed by atoms with van der Waals surface area (Å²) < 4.78 is 0. The number of carboxylic acid groups (broad SMARTS) is 1. The van der Waals surface area contributed by atoms with Gasteiger partial charge in [-0.15, -0.1) is 0 Å². The minimum atomic E-state index is -0.718. The largest absolute Gasteiger partial charge is 0.481 e. The van der Waals surface area contributed by atoms with Crippen molar-refractivity contribution in [2.75, 3.05) is 19.6 Å². The van der Waals surface area contributed by atoms with Crippen LogP contribution in [-0.4, -0.2) is 41.6 Å². The van der Waals surface area contributed by atoms with Crippen LogP contribution in [0.1, 0.15) is 51.9 Å². The van der Waals surface area contributed by atoms with Gasteiger partial charge in [0.05, 0.1) is 5.41 Å². The van der Waals surface area contributed by atoms with Crippen LogP contribution in [0.5, 0.6) is 0 Å². The fourth-order valence-corrected chi connectivity index (χ4v) is 3.13. The Bertz CT molecular complexity index is 358. The number of rotatable bonds is 5. The molecule has 114 valence electrons. The molecule has 1 aliphatic heterocycles. The van der Waals surface area contributed by atoms with Crippen molar-refractivity contribution in [2.45, 2.75) is 51.9 Å². The van der Waals surface area contributed by atoms with E-state index in [0.717, 1.165) is 18.9 Å². The quantitative estimate of drug-likeness (QED) is 0.814. The minimum Gasteiger partial charge on any atom is -0.481 e. The summed E-state index contributed by atoms with van der Waals surface area (Å²) in [7, 11) is 0. The summed E-state index contributed by atoms with van der Waals surface area (Å²) in [4.78, 5) is 25.1. The maximum Gasteiger partial charge on any atom is 0.317 e. The zero-order valence-electron chi connectivity index (χ0n) is 12.4. The van der Waals surface area contributed by atoms with Crippen LogP contribution in [0.15, 0.2) is 0 Å². The number of hydrogen-bond donors (Lipinski definition) is 2. The summed E-state index contributed by atoms with van der Waals surface area (Å²) in [5.41, 5.74) is -0.622. The van der Waals surface area contributed by atoms with E-state index in [4.69, 9.17) is 0 Å². The van der Waals surface area contributed by atoms with Gasteiger partial charge < -0.3 is 15.3 Å². The van der Waals surface area contributed by atoms with E-state index < -0.39 is 11.4 Å². The molecule has 0 spiro atoms. The van der Waals surface area contributed by atoms with Gasteiger partial charge in [-0.2, -0.15) is 0 Å². The predicted octanol–water partition coefficient (Wildman–Crippen LogP) is 2.46. The monoisotopic (exact) mass is 282 g/mol. The van der Waals surface area contributed by atoms with E-state index in [1.54, 1.807) is 4.90 Å². The van der Waals surface area contributed by atoms with Crippen molar-refractivity contribution in [1.29, 1.82) is 0 Å². The third-order valence-corrected chi connectivity index (χ3v) is 5.19. The van der Waals surface area contributed by atoms with E-state index in [2.05, 4.69) is 5.32 Å². The van der Waals surface area contributed by atoms with Crippen LogP contribution in [0.2, 0.25) is 0 Å². The summed E-state index contributed by atoms with van der Waals surface area (Å²) in [5, 5.41) is 12.3. The fourth-order valence-electron chi connectivity index (χ4n) is 3.13. The van der Waals surface area contributed by atoms with Crippen molar-refractivity contribution in [3.63, 3.8) is 0 Å². The molecule has 1 aliphatic carbocycles. The van der Waals surface area contributed by atoms with Gasteiger partial charge in [-0.1, -0.05) is 26.2 Å². The lowest BCUT2D eigenvalue weighted by atomic mass is 9.76. The molecular formula is C15H26N2O3. The molecule has 2 aliphatic rings.